The van der Waals surface area contributed by atoms with Crippen molar-refractivity contribution in [3.05, 3.63) is 34.9 Å². The van der Waals surface area contributed by atoms with E-state index in [-0.39, 0.29) is 17.9 Å². The second-order valence-corrected chi connectivity index (χ2v) is 5.87. The summed E-state index contributed by atoms with van der Waals surface area (Å²) in [4.78, 5) is 11.5. The predicted molar refractivity (Wildman–Crippen MR) is 75.9 cm³/mol. The predicted octanol–water partition coefficient (Wildman–Crippen LogP) is 1.57. The van der Waals surface area contributed by atoms with Crippen molar-refractivity contribution in [3.63, 3.8) is 0 Å². The number of hydrogen-bond donors (Lipinski definition) is 2. The van der Waals surface area contributed by atoms with Gasteiger partial charge in [0.15, 0.2) is 0 Å². The molecule has 3 nitrogen and oxygen atoms in total. The molecule has 3 heteroatoms. The topological polar surface area (TPSA) is 55.1 Å². The van der Waals surface area contributed by atoms with E-state index in [1.54, 1.807) is 0 Å². The SMILES string of the molecule is NC(=O)C1CCCNC1Cc1ccc2c(c1)CCC2. The average molecular weight is 258 g/mol. The number of nitrogens with two attached hydrogens (primary N) is 1. The van der Waals surface area contributed by atoms with Crippen LogP contribution >= 0.6 is 0 Å². The van der Waals surface area contributed by atoms with E-state index in [0.29, 0.717) is 0 Å². The van der Waals surface area contributed by atoms with Gasteiger partial charge in [0, 0.05) is 6.04 Å². The van der Waals surface area contributed by atoms with Crippen LogP contribution in [0.1, 0.15) is 36.0 Å². The molecular formula is C16H22N2O. The second kappa shape index (κ2) is 5.33. The number of aryl methyl sites for hydroxylation is 2. The van der Waals surface area contributed by atoms with E-state index < -0.39 is 0 Å². The Morgan fingerprint density at radius 2 is 2.11 bits per heavy atom. The molecule has 1 aromatic rings. The minimum absolute atomic E-state index is 0.0120. The third kappa shape index (κ3) is 2.66. The molecule has 0 radical (unpaired) electrons. The lowest BCUT2D eigenvalue weighted by atomic mass is 9.86. The van der Waals surface area contributed by atoms with Crippen LogP contribution in [-0.2, 0) is 24.1 Å². The van der Waals surface area contributed by atoms with E-state index in [1.165, 1.54) is 36.0 Å². The quantitative estimate of drug-likeness (QED) is 0.864. The Bertz CT molecular complexity index is 484. The van der Waals surface area contributed by atoms with Gasteiger partial charge in [-0.25, -0.2) is 0 Å². The molecule has 2 unspecified atom stereocenters. The van der Waals surface area contributed by atoms with Crippen molar-refractivity contribution < 1.29 is 4.79 Å². The summed E-state index contributed by atoms with van der Waals surface area (Å²) in [5.74, 6) is -0.166. The van der Waals surface area contributed by atoms with Crippen molar-refractivity contribution >= 4 is 5.91 Å². The number of fused-ring (bicyclic) bond motifs is 1. The third-order valence-corrected chi connectivity index (χ3v) is 4.57. The zero-order valence-electron chi connectivity index (χ0n) is 11.3. The highest BCUT2D eigenvalue weighted by atomic mass is 16.1. The van der Waals surface area contributed by atoms with E-state index in [9.17, 15) is 4.79 Å². The zero-order valence-corrected chi connectivity index (χ0v) is 11.3. The maximum Gasteiger partial charge on any atom is 0.222 e. The van der Waals surface area contributed by atoms with Gasteiger partial charge < -0.3 is 11.1 Å². The number of benzene rings is 1. The Morgan fingerprint density at radius 3 is 2.95 bits per heavy atom. The van der Waals surface area contributed by atoms with Crippen LogP contribution in [-0.4, -0.2) is 18.5 Å². The normalized spacial score (nSPS) is 26.1. The van der Waals surface area contributed by atoms with E-state index >= 15 is 0 Å². The van der Waals surface area contributed by atoms with Gasteiger partial charge in [-0.2, -0.15) is 0 Å². The van der Waals surface area contributed by atoms with Gasteiger partial charge in [0.25, 0.3) is 0 Å². The van der Waals surface area contributed by atoms with E-state index in [0.717, 1.165) is 25.8 Å². The van der Waals surface area contributed by atoms with Crippen molar-refractivity contribution in [3.8, 4) is 0 Å². The smallest absolute Gasteiger partial charge is 0.222 e. The number of piperidine rings is 1. The molecule has 1 heterocycles. The number of primary amides is 1. The Hall–Kier alpha value is -1.35. The molecule has 2 atom stereocenters. The molecule has 2 aliphatic rings. The number of nitrogens with one attached hydrogen (secondary N) is 1. The first-order valence-electron chi connectivity index (χ1n) is 7.37. The molecule has 102 valence electrons. The van der Waals surface area contributed by atoms with Gasteiger partial charge >= 0.3 is 0 Å². The second-order valence-electron chi connectivity index (χ2n) is 5.87. The Balaban J connectivity index is 1.74. The first-order chi connectivity index (χ1) is 9.24. The van der Waals surface area contributed by atoms with Gasteiger partial charge in [-0.05, 0) is 61.8 Å². The van der Waals surface area contributed by atoms with Gasteiger partial charge in [-0.1, -0.05) is 18.2 Å². The van der Waals surface area contributed by atoms with E-state index in [1.807, 2.05) is 0 Å². The summed E-state index contributed by atoms with van der Waals surface area (Å²) in [6, 6.07) is 7.03. The fourth-order valence-electron chi connectivity index (χ4n) is 3.51. The van der Waals surface area contributed by atoms with Crippen molar-refractivity contribution in [1.82, 2.24) is 5.32 Å². The Labute approximate surface area is 114 Å². The highest BCUT2D eigenvalue weighted by Crippen LogP contribution is 2.25. The van der Waals surface area contributed by atoms with Crippen LogP contribution in [0.2, 0.25) is 0 Å². The molecule has 3 N–H and O–H groups in total. The van der Waals surface area contributed by atoms with Crippen molar-refractivity contribution in [1.29, 1.82) is 0 Å². The number of carbonyl (C=O) groups excluding carboxylic acids is 1. The molecule has 1 saturated heterocycles. The molecule has 0 bridgehead atoms. The molecule has 19 heavy (non-hydrogen) atoms. The molecule has 1 amide bonds. The lowest BCUT2D eigenvalue weighted by molar-refractivity contribution is -0.123. The summed E-state index contributed by atoms with van der Waals surface area (Å²) in [7, 11) is 0. The first-order valence-corrected chi connectivity index (χ1v) is 7.37. The van der Waals surface area contributed by atoms with Gasteiger partial charge in [0.2, 0.25) is 5.91 Å². The molecular weight excluding hydrogens is 236 g/mol. The summed E-state index contributed by atoms with van der Waals surface area (Å²) >= 11 is 0. The lowest BCUT2D eigenvalue weighted by Crippen LogP contribution is -2.48. The summed E-state index contributed by atoms with van der Waals surface area (Å²) in [6.45, 7) is 0.999. The number of carbonyl (C=O) groups is 1. The molecule has 1 fully saturated rings. The van der Waals surface area contributed by atoms with Crippen LogP contribution in [0.15, 0.2) is 18.2 Å². The molecule has 1 aliphatic carbocycles. The van der Waals surface area contributed by atoms with E-state index in [4.69, 9.17) is 5.73 Å². The Morgan fingerprint density at radius 1 is 1.26 bits per heavy atom. The highest BCUT2D eigenvalue weighted by molar-refractivity contribution is 5.77. The number of hydrogen-bond acceptors (Lipinski definition) is 2. The van der Waals surface area contributed by atoms with Gasteiger partial charge in [0.1, 0.15) is 0 Å². The minimum Gasteiger partial charge on any atom is -0.369 e. The van der Waals surface area contributed by atoms with Crippen molar-refractivity contribution in [2.24, 2.45) is 11.7 Å². The van der Waals surface area contributed by atoms with Crippen LogP contribution in [0.3, 0.4) is 0 Å². The van der Waals surface area contributed by atoms with Crippen LogP contribution in [0, 0.1) is 5.92 Å². The maximum absolute atomic E-state index is 11.5. The fraction of sp³-hybridized carbons (Fsp3) is 0.562. The van der Waals surface area contributed by atoms with Crippen LogP contribution < -0.4 is 11.1 Å². The maximum atomic E-state index is 11.5. The molecule has 0 spiro atoms. The number of amides is 1. The standard InChI is InChI=1S/C16H22N2O/c17-16(19)14-5-2-8-18-15(14)10-11-6-7-12-3-1-4-13(12)9-11/h6-7,9,14-15,18H,1-5,8,10H2,(H2,17,19). The summed E-state index contributed by atoms with van der Waals surface area (Å²) in [5, 5.41) is 3.47. The summed E-state index contributed by atoms with van der Waals surface area (Å²) in [6.07, 6.45) is 6.61. The molecule has 0 aromatic heterocycles. The molecule has 1 aliphatic heterocycles. The third-order valence-electron chi connectivity index (χ3n) is 4.57. The highest BCUT2D eigenvalue weighted by Gasteiger charge is 2.29. The lowest BCUT2D eigenvalue weighted by Gasteiger charge is -2.30. The molecule has 3 rings (SSSR count). The largest absolute Gasteiger partial charge is 0.369 e. The van der Waals surface area contributed by atoms with Gasteiger partial charge in [0.05, 0.1) is 5.92 Å². The number of rotatable bonds is 3. The summed E-state index contributed by atoms with van der Waals surface area (Å²) in [5.41, 5.74) is 9.87. The molecule has 0 saturated carbocycles. The van der Waals surface area contributed by atoms with E-state index in [2.05, 4.69) is 23.5 Å². The van der Waals surface area contributed by atoms with Crippen LogP contribution in [0.25, 0.3) is 0 Å². The minimum atomic E-state index is -0.154. The average Bonchev–Trinajstić information content (AvgIpc) is 2.86. The van der Waals surface area contributed by atoms with Crippen molar-refractivity contribution in [2.45, 2.75) is 44.6 Å². The monoisotopic (exact) mass is 258 g/mol. The van der Waals surface area contributed by atoms with Gasteiger partial charge in [-0.15, -0.1) is 0 Å². The Kier molecular flexibility index (Phi) is 3.56. The summed E-state index contributed by atoms with van der Waals surface area (Å²) < 4.78 is 0. The van der Waals surface area contributed by atoms with Crippen LogP contribution in [0.4, 0.5) is 0 Å². The fourth-order valence-corrected chi connectivity index (χ4v) is 3.51. The first kappa shape index (κ1) is 12.7. The van der Waals surface area contributed by atoms with Gasteiger partial charge in [-0.3, -0.25) is 4.79 Å². The van der Waals surface area contributed by atoms with Crippen molar-refractivity contribution in [2.75, 3.05) is 6.54 Å². The zero-order chi connectivity index (χ0) is 13.2. The van der Waals surface area contributed by atoms with Crippen LogP contribution in [0.5, 0.6) is 0 Å². The molecule has 1 aromatic carbocycles.